The quantitative estimate of drug-likeness (QED) is 0.684. The fourth-order valence-electron chi connectivity index (χ4n) is 2.26. The number of carbonyl (C=O) groups is 1. The molecule has 0 aromatic carbocycles. The zero-order chi connectivity index (χ0) is 13.0. The number of H-pyrrole nitrogens is 1. The third-order valence-corrected chi connectivity index (χ3v) is 3.19. The Labute approximate surface area is 106 Å². The van der Waals surface area contributed by atoms with Crippen molar-refractivity contribution < 1.29 is 9.90 Å². The number of aryl methyl sites for hydroxylation is 1. The van der Waals surface area contributed by atoms with Crippen LogP contribution in [0.4, 0.5) is 0 Å². The van der Waals surface area contributed by atoms with Crippen molar-refractivity contribution in [2.75, 3.05) is 26.2 Å². The highest BCUT2D eigenvalue weighted by Gasteiger charge is 2.23. The summed E-state index contributed by atoms with van der Waals surface area (Å²) in [5.41, 5.74) is 1.28. The maximum Gasteiger partial charge on any atom is 0.274 e. The SMILES string of the molecule is Cc1cc(C(=O)N(CCO)CC2CCCN2)n[nH]1. The van der Waals surface area contributed by atoms with E-state index in [9.17, 15) is 4.79 Å². The molecule has 0 bridgehead atoms. The first-order chi connectivity index (χ1) is 8.70. The molecule has 1 aliphatic heterocycles. The molecule has 1 fully saturated rings. The fourth-order valence-corrected chi connectivity index (χ4v) is 2.26. The molecule has 1 aromatic heterocycles. The van der Waals surface area contributed by atoms with Crippen LogP contribution in [0, 0.1) is 6.92 Å². The van der Waals surface area contributed by atoms with Crippen LogP contribution in [0.25, 0.3) is 0 Å². The van der Waals surface area contributed by atoms with Crippen molar-refractivity contribution in [1.82, 2.24) is 20.4 Å². The number of rotatable bonds is 5. The van der Waals surface area contributed by atoms with Gasteiger partial charge in [-0.15, -0.1) is 0 Å². The third-order valence-electron chi connectivity index (χ3n) is 3.19. The van der Waals surface area contributed by atoms with Crippen LogP contribution in [0.2, 0.25) is 0 Å². The van der Waals surface area contributed by atoms with Crippen LogP contribution >= 0.6 is 0 Å². The van der Waals surface area contributed by atoms with E-state index in [1.54, 1.807) is 11.0 Å². The van der Waals surface area contributed by atoms with Crippen molar-refractivity contribution in [1.29, 1.82) is 0 Å². The molecule has 0 radical (unpaired) electrons. The van der Waals surface area contributed by atoms with E-state index in [1.165, 1.54) is 0 Å². The summed E-state index contributed by atoms with van der Waals surface area (Å²) in [4.78, 5) is 13.9. The molecule has 1 aliphatic rings. The molecule has 6 nitrogen and oxygen atoms in total. The van der Waals surface area contributed by atoms with E-state index < -0.39 is 0 Å². The van der Waals surface area contributed by atoms with Crippen LogP contribution < -0.4 is 5.32 Å². The van der Waals surface area contributed by atoms with Crippen LogP contribution in [0.3, 0.4) is 0 Å². The number of carbonyl (C=O) groups excluding carboxylic acids is 1. The van der Waals surface area contributed by atoms with Crippen molar-refractivity contribution in [2.45, 2.75) is 25.8 Å². The highest BCUT2D eigenvalue weighted by molar-refractivity contribution is 5.92. The van der Waals surface area contributed by atoms with Crippen LogP contribution in [0.1, 0.15) is 29.0 Å². The maximum absolute atomic E-state index is 12.2. The average molecular weight is 252 g/mol. The molecule has 3 N–H and O–H groups in total. The molecule has 2 heterocycles. The second-order valence-corrected chi connectivity index (χ2v) is 4.70. The van der Waals surface area contributed by atoms with Gasteiger partial charge in [0.05, 0.1) is 6.61 Å². The number of nitrogens with zero attached hydrogens (tertiary/aromatic N) is 2. The Hall–Kier alpha value is -1.40. The van der Waals surface area contributed by atoms with Gasteiger partial charge in [-0.3, -0.25) is 9.89 Å². The summed E-state index contributed by atoms with van der Waals surface area (Å²) in [7, 11) is 0. The normalized spacial score (nSPS) is 19.1. The van der Waals surface area contributed by atoms with Crippen molar-refractivity contribution in [3.05, 3.63) is 17.5 Å². The van der Waals surface area contributed by atoms with Gasteiger partial charge < -0.3 is 15.3 Å². The standard InChI is InChI=1S/C12H20N4O2/c1-9-7-11(15-14-9)12(18)16(5-6-17)8-10-3-2-4-13-10/h7,10,13,17H,2-6,8H2,1H3,(H,14,15). The van der Waals surface area contributed by atoms with Gasteiger partial charge in [0.1, 0.15) is 5.69 Å². The maximum atomic E-state index is 12.2. The first-order valence-electron chi connectivity index (χ1n) is 6.36. The molecule has 6 heteroatoms. The van der Waals surface area contributed by atoms with Gasteiger partial charge in [-0.05, 0) is 32.4 Å². The molecule has 2 rings (SSSR count). The monoisotopic (exact) mass is 252 g/mol. The molecule has 0 saturated carbocycles. The van der Waals surface area contributed by atoms with E-state index in [-0.39, 0.29) is 12.5 Å². The van der Waals surface area contributed by atoms with Crippen molar-refractivity contribution >= 4 is 5.91 Å². The van der Waals surface area contributed by atoms with Gasteiger partial charge in [0.2, 0.25) is 0 Å². The minimum atomic E-state index is -0.123. The summed E-state index contributed by atoms with van der Waals surface area (Å²) < 4.78 is 0. The predicted molar refractivity (Wildman–Crippen MR) is 67.3 cm³/mol. The van der Waals surface area contributed by atoms with Gasteiger partial charge in [0, 0.05) is 24.8 Å². The lowest BCUT2D eigenvalue weighted by Crippen LogP contribution is -2.42. The third kappa shape index (κ3) is 3.08. The summed E-state index contributed by atoms with van der Waals surface area (Å²) >= 11 is 0. The lowest BCUT2D eigenvalue weighted by Gasteiger charge is -2.24. The predicted octanol–water partition coefficient (Wildman–Crippen LogP) is -0.0954. The number of hydrogen-bond acceptors (Lipinski definition) is 4. The Kier molecular flexibility index (Phi) is 4.33. The Morgan fingerprint density at radius 2 is 2.50 bits per heavy atom. The van der Waals surface area contributed by atoms with Gasteiger partial charge in [0.15, 0.2) is 0 Å². The summed E-state index contributed by atoms with van der Waals surface area (Å²) in [6.45, 7) is 3.82. The minimum absolute atomic E-state index is 0.0259. The largest absolute Gasteiger partial charge is 0.395 e. The summed E-state index contributed by atoms with van der Waals surface area (Å²) in [5.74, 6) is -0.123. The molecular formula is C12H20N4O2. The molecule has 1 amide bonds. The zero-order valence-electron chi connectivity index (χ0n) is 10.6. The number of aromatic amines is 1. The van der Waals surface area contributed by atoms with E-state index >= 15 is 0 Å². The topological polar surface area (TPSA) is 81.2 Å². The van der Waals surface area contributed by atoms with E-state index in [0.717, 1.165) is 25.1 Å². The molecule has 18 heavy (non-hydrogen) atoms. The molecule has 0 aliphatic carbocycles. The molecule has 1 unspecified atom stereocenters. The number of aliphatic hydroxyl groups is 1. The van der Waals surface area contributed by atoms with Crippen LogP contribution in [0.15, 0.2) is 6.07 Å². The highest BCUT2D eigenvalue weighted by Crippen LogP contribution is 2.10. The number of aliphatic hydroxyl groups excluding tert-OH is 1. The van der Waals surface area contributed by atoms with Gasteiger partial charge in [-0.1, -0.05) is 0 Å². The number of aromatic nitrogens is 2. The molecule has 1 aromatic rings. The lowest BCUT2D eigenvalue weighted by molar-refractivity contribution is 0.0700. The van der Waals surface area contributed by atoms with Gasteiger partial charge in [-0.25, -0.2) is 0 Å². The Morgan fingerprint density at radius 1 is 1.67 bits per heavy atom. The van der Waals surface area contributed by atoms with Crippen LogP contribution in [-0.4, -0.2) is 58.4 Å². The van der Waals surface area contributed by atoms with E-state index in [1.807, 2.05) is 6.92 Å². The molecule has 1 saturated heterocycles. The second kappa shape index (κ2) is 5.97. The highest BCUT2D eigenvalue weighted by atomic mass is 16.3. The molecular weight excluding hydrogens is 232 g/mol. The first-order valence-corrected chi connectivity index (χ1v) is 6.36. The smallest absolute Gasteiger partial charge is 0.274 e. The van der Waals surface area contributed by atoms with Gasteiger partial charge in [-0.2, -0.15) is 5.10 Å². The fraction of sp³-hybridized carbons (Fsp3) is 0.667. The van der Waals surface area contributed by atoms with E-state index in [0.29, 0.717) is 24.8 Å². The van der Waals surface area contributed by atoms with Crippen molar-refractivity contribution in [3.8, 4) is 0 Å². The number of nitrogens with one attached hydrogen (secondary N) is 2. The molecule has 1 atom stereocenters. The van der Waals surface area contributed by atoms with Crippen LogP contribution in [0.5, 0.6) is 0 Å². The van der Waals surface area contributed by atoms with Gasteiger partial charge >= 0.3 is 0 Å². The Balaban J connectivity index is 2.01. The first kappa shape index (κ1) is 13.0. The van der Waals surface area contributed by atoms with Crippen molar-refractivity contribution in [3.63, 3.8) is 0 Å². The Morgan fingerprint density at radius 3 is 3.06 bits per heavy atom. The molecule has 0 spiro atoms. The number of hydrogen-bond donors (Lipinski definition) is 3. The second-order valence-electron chi connectivity index (χ2n) is 4.70. The Bertz CT molecular complexity index is 399. The van der Waals surface area contributed by atoms with E-state index in [4.69, 9.17) is 5.11 Å². The zero-order valence-corrected chi connectivity index (χ0v) is 10.6. The minimum Gasteiger partial charge on any atom is -0.395 e. The van der Waals surface area contributed by atoms with E-state index in [2.05, 4.69) is 15.5 Å². The van der Waals surface area contributed by atoms with Crippen molar-refractivity contribution in [2.24, 2.45) is 0 Å². The average Bonchev–Trinajstić information content (AvgIpc) is 2.99. The summed E-state index contributed by atoms with van der Waals surface area (Å²) in [6, 6.07) is 2.06. The molecule has 100 valence electrons. The van der Waals surface area contributed by atoms with Gasteiger partial charge in [0.25, 0.3) is 5.91 Å². The number of amides is 1. The van der Waals surface area contributed by atoms with Crippen LogP contribution in [-0.2, 0) is 0 Å². The summed E-state index contributed by atoms with van der Waals surface area (Å²) in [6.07, 6.45) is 2.22. The lowest BCUT2D eigenvalue weighted by atomic mass is 10.2. The summed E-state index contributed by atoms with van der Waals surface area (Å²) in [5, 5.41) is 19.2.